The number of hydrogen-bond donors (Lipinski definition) is 0. The zero-order valence-corrected chi connectivity index (χ0v) is 13.0. The normalized spacial score (nSPS) is 25.5. The van der Waals surface area contributed by atoms with Crippen LogP contribution in [0.5, 0.6) is 0 Å². The molecule has 2 fully saturated rings. The van der Waals surface area contributed by atoms with Crippen molar-refractivity contribution in [2.24, 2.45) is 7.05 Å². The lowest BCUT2D eigenvalue weighted by atomic mass is 9.86. The average Bonchev–Trinajstić information content (AvgIpc) is 2.51. The first-order valence-corrected chi connectivity index (χ1v) is 8.11. The summed E-state index contributed by atoms with van der Waals surface area (Å²) in [4.78, 5) is 15.0. The molecule has 0 radical (unpaired) electrons. The van der Waals surface area contributed by atoms with Crippen LogP contribution in [0.4, 0.5) is 0 Å². The molecule has 1 spiro atoms. The minimum absolute atomic E-state index is 0.0837. The van der Waals surface area contributed by atoms with Crippen molar-refractivity contribution in [1.82, 2.24) is 9.47 Å². The van der Waals surface area contributed by atoms with Gasteiger partial charge < -0.3 is 9.30 Å². The van der Waals surface area contributed by atoms with Gasteiger partial charge in [-0.05, 0) is 36.9 Å². The van der Waals surface area contributed by atoms with Crippen LogP contribution >= 0.6 is 0 Å². The fourth-order valence-electron chi connectivity index (χ4n) is 3.88. The average molecular weight is 298 g/mol. The Balaban J connectivity index is 1.64. The van der Waals surface area contributed by atoms with Gasteiger partial charge in [0.05, 0.1) is 17.7 Å². The third kappa shape index (κ3) is 2.27. The molecule has 4 rings (SSSR count). The maximum Gasteiger partial charge on any atom is 0.255 e. The Hall–Kier alpha value is -1.65. The van der Waals surface area contributed by atoms with Crippen LogP contribution in [0, 0.1) is 0 Å². The van der Waals surface area contributed by atoms with Crippen LogP contribution in [-0.2, 0) is 18.3 Å². The Morgan fingerprint density at radius 3 is 2.86 bits per heavy atom. The second kappa shape index (κ2) is 5.21. The minimum Gasteiger partial charge on any atom is -0.373 e. The van der Waals surface area contributed by atoms with Gasteiger partial charge in [-0.15, -0.1) is 0 Å². The van der Waals surface area contributed by atoms with Crippen molar-refractivity contribution < 1.29 is 4.74 Å². The highest BCUT2D eigenvalue weighted by Crippen LogP contribution is 2.35. The van der Waals surface area contributed by atoms with Crippen molar-refractivity contribution in [3.8, 4) is 0 Å². The first kappa shape index (κ1) is 14.0. The monoisotopic (exact) mass is 298 g/mol. The van der Waals surface area contributed by atoms with Crippen LogP contribution < -0.4 is 5.56 Å². The molecular weight excluding hydrogens is 276 g/mol. The number of benzene rings is 1. The Bertz CT molecular complexity index is 761. The number of fused-ring (bicyclic) bond motifs is 1. The number of aromatic nitrogens is 1. The van der Waals surface area contributed by atoms with E-state index < -0.39 is 0 Å². The SMILES string of the molecule is Cn1c(=O)c(CN2CCCC3(CCO3)C2)cc2ccccc21. The van der Waals surface area contributed by atoms with E-state index in [1.165, 1.54) is 12.8 Å². The molecule has 22 heavy (non-hydrogen) atoms. The summed E-state index contributed by atoms with van der Waals surface area (Å²) in [6, 6.07) is 10.1. The van der Waals surface area contributed by atoms with E-state index in [4.69, 9.17) is 4.74 Å². The number of ether oxygens (including phenoxy) is 1. The molecular formula is C18H22N2O2. The molecule has 0 saturated carbocycles. The predicted octanol–water partition coefficient (Wildman–Crippen LogP) is 2.29. The van der Waals surface area contributed by atoms with Crippen LogP contribution in [-0.4, -0.2) is 34.8 Å². The maximum atomic E-state index is 12.6. The van der Waals surface area contributed by atoms with Crippen molar-refractivity contribution in [2.45, 2.75) is 31.4 Å². The summed E-state index contributed by atoms with van der Waals surface area (Å²) in [5.41, 5.74) is 2.08. The number of pyridine rings is 1. The quantitative estimate of drug-likeness (QED) is 0.853. The Labute approximate surface area is 130 Å². The highest BCUT2D eigenvalue weighted by atomic mass is 16.5. The lowest BCUT2D eigenvalue weighted by Gasteiger charge is -2.48. The molecule has 4 heteroatoms. The van der Waals surface area contributed by atoms with Gasteiger partial charge in [-0.3, -0.25) is 9.69 Å². The number of rotatable bonds is 2. The number of nitrogens with zero attached hydrogens (tertiary/aromatic N) is 2. The smallest absolute Gasteiger partial charge is 0.255 e. The second-order valence-corrected chi connectivity index (χ2v) is 6.69. The molecule has 1 atom stereocenters. The fraction of sp³-hybridized carbons (Fsp3) is 0.500. The van der Waals surface area contributed by atoms with Crippen LogP contribution in [0.1, 0.15) is 24.8 Å². The lowest BCUT2D eigenvalue weighted by molar-refractivity contribution is -0.177. The summed E-state index contributed by atoms with van der Waals surface area (Å²) >= 11 is 0. The second-order valence-electron chi connectivity index (χ2n) is 6.69. The number of piperidine rings is 1. The summed E-state index contributed by atoms with van der Waals surface area (Å²) in [5.74, 6) is 0. The first-order valence-electron chi connectivity index (χ1n) is 8.11. The summed E-state index contributed by atoms with van der Waals surface area (Å²) in [5, 5.41) is 1.13. The van der Waals surface area contributed by atoms with Gasteiger partial charge in [0.2, 0.25) is 0 Å². The van der Waals surface area contributed by atoms with Gasteiger partial charge in [0, 0.05) is 32.1 Å². The van der Waals surface area contributed by atoms with Gasteiger partial charge in [-0.1, -0.05) is 18.2 Å². The molecule has 0 N–H and O–H groups in total. The highest BCUT2D eigenvalue weighted by molar-refractivity contribution is 5.79. The van der Waals surface area contributed by atoms with Crippen LogP contribution in [0.3, 0.4) is 0 Å². The maximum absolute atomic E-state index is 12.6. The molecule has 0 bridgehead atoms. The van der Waals surface area contributed by atoms with Crippen molar-refractivity contribution in [3.05, 3.63) is 46.2 Å². The Morgan fingerprint density at radius 2 is 2.09 bits per heavy atom. The van der Waals surface area contributed by atoms with Gasteiger partial charge in [-0.2, -0.15) is 0 Å². The van der Waals surface area contributed by atoms with E-state index in [2.05, 4.69) is 17.0 Å². The lowest BCUT2D eigenvalue weighted by Crippen LogP contribution is -2.55. The number of para-hydroxylation sites is 1. The summed E-state index contributed by atoms with van der Waals surface area (Å²) in [6.07, 6.45) is 3.49. The summed E-state index contributed by atoms with van der Waals surface area (Å²) in [6.45, 7) is 3.64. The topological polar surface area (TPSA) is 34.5 Å². The van der Waals surface area contributed by atoms with E-state index in [9.17, 15) is 4.79 Å². The highest BCUT2D eigenvalue weighted by Gasteiger charge is 2.41. The number of hydrogen-bond acceptors (Lipinski definition) is 3. The largest absolute Gasteiger partial charge is 0.373 e. The van der Waals surface area contributed by atoms with Crippen molar-refractivity contribution in [3.63, 3.8) is 0 Å². The molecule has 1 aromatic heterocycles. The molecule has 2 aromatic rings. The van der Waals surface area contributed by atoms with Crippen molar-refractivity contribution in [2.75, 3.05) is 19.7 Å². The summed E-state index contributed by atoms with van der Waals surface area (Å²) < 4.78 is 7.59. The predicted molar refractivity (Wildman–Crippen MR) is 87.0 cm³/mol. The van der Waals surface area contributed by atoms with Gasteiger partial charge in [-0.25, -0.2) is 0 Å². The molecule has 1 unspecified atom stereocenters. The number of likely N-dealkylation sites (tertiary alicyclic amines) is 1. The van der Waals surface area contributed by atoms with E-state index >= 15 is 0 Å². The first-order chi connectivity index (χ1) is 10.7. The van der Waals surface area contributed by atoms with Gasteiger partial charge in [0.15, 0.2) is 0 Å². The van der Waals surface area contributed by atoms with Gasteiger partial charge in [0.25, 0.3) is 5.56 Å². The van der Waals surface area contributed by atoms with Crippen molar-refractivity contribution in [1.29, 1.82) is 0 Å². The molecule has 1 aromatic carbocycles. The van der Waals surface area contributed by atoms with Crippen LogP contribution in [0.15, 0.2) is 35.1 Å². The van der Waals surface area contributed by atoms with E-state index in [1.807, 2.05) is 25.2 Å². The van der Waals surface area contributed by atoms with Gasteiger partial charge >= 0.3 is 0 Å². The Morgan fingerprint density at radius 1 is 1.27 bits per heavy atom. The van der Waals surface area contributed by atoms with Crippen LogP contribution in [0.2, 0.25) is 0 Å². The molecule has 3 heterocycles. The number of aryl methyl sites for hydroxylation is 1. The molecule has 2 aliphatic rings. The zero-order chi connectivity index (χ0) is 15.2. The van der Waals surface area contributed by atoms with Crippen molar-refractivity contribution >= 4 is 10.9 Å². The van der Waals surface area contributed by atoms with E-state index in [0.717, 1.165) is 49.1 Å². The molecule has 2 saturated heterocycles. The zero-order valence-electron chi connectivity index (χ0n) is 13.0. The third-order valence-corrected chi connectivity index (χ3v) is 5.19. The Kier molecular flexibility index (Phi) is 3.31. The molecule has 116 valence electrons. The standard InChI is InChI=1S/C18H22N2O2/c1-19-16-6-3-2-5-14(16)11-15(17(19)21)12-20-9-4-7-18(13-20)8-10-22-18/h2-3,5-6,11H,4,7-10,12-13H2,1H3. The molecule has 2 aliphatic heterocycles. The van der Waals surface area contributed by atoms with E-state index in [0.29, 0.717) is 0 Å². The molecule has 0 amide bonds. The van der Waals surface area contributed by atoms with Crippen LogP contribution in [0.25, 0.3) is 10.9 Å². The molecule has 0 aliphatic carbocycles. The van der Waals surface area contributed by atoms with Gasteiger partial charge in [0.1, 0.15) is 0 Å². The minimum atomic E-state index is 0.0837. The molecule has 4 nitrogen and oxygen atoms in total. The van der Waals surface area contributed by atoms with E-state index in [-0.39, 0.29) is 11.2 Å². The summed E-state index contributed by atoms with van der Waals surface area (Å²) in [7, 11) is 1.86. The third-order valence-electron chi connectivity index (χ3n) is 5.19. The van der Waals surface area contributed by atoms with E-state index in [1.54, 1.807) is 4.57 Å². The fourth-order valence-corrected chi connectivity index (χ4v) is 3.88.